The lowest BCUT2D eigenvalue weighted by Gasteiger charge is -2.20. The van der Waals surface area contributed by atoms with Crippen molar-refractivity contribution in [1.29, 1.82) is 0 Å². The van der Waals surface area contributed by atoms with Gasteiger partial charge in [0.1, 0.15) is 5.82 Å². The zero-order valence-corrected chi connectivity index (χ0v) is 19.4. The van der Waals surface area contributed by atoms with Crippen molar-refractivity contribution in [3.05, 3.63) is 59.8 Å². The highest BCUT2D eigenvalue weighted by atomic mass is 127. The van der Waals surface area contributed by atoms with Gasteiger partial charge in [0.05, 0.1) is 6.54 Å². The van der Waals surface area contributed by atoms with E-state index in [0.717, 1.165) is 43.9 Å². The molecule has 1 saturated carbocycles. The van der Waals surface area contributed by atoms with Gasteiger partial charge in [-0.25, -0.2) is 13.8 Å². The summed E-state index contributed by atoms with van der Waals surface area (Å²) < 4.78 is 27.2. The van der Waals surface area contributed by atoms with E-state index in [1.807, 2.05) is 24.0 Å². The Bertz CT molecular complexity index is 870. The minimum Gasteiger partial charge on any atom is -0.357 e. The number of nitrogens with one attached hydrogen (secondary N) is 2. The van der Waals surface area contributed by atoms with Crippen molar-refractivity contribution in [2.24, 2.45) is 4.99 Å². The van der Waals surface area contributed by atoms with Crippen molar-refractivity contribution in [3.8, 4) is 0 Å². The zero-order chi connectivity index (χ0) is 20.3. The molecule has 2 fully saturated rings. The van der Waals surface area contributed by atoms with Crippen LogP contribution in [0.4, 0.5) is 14.6 Å². The number of hydrogen-bond donors (Lipinski definition) is 2. The summed E-state index contributed by atoms with van der Waals surface area (Å²) in [6, 6.07) is 10.0. The Morgan fingerprint density at radius 1 is 1.23 bits per heavy atom. The van der Waals surface area contributed by atoms with Crippen LogP contribution in [0.1, 0.15) is 31.7 Å². The van der Waals surface area contributed by atoms with E-state index in [0.29, 0.717) is 18.9 Å². The van der Waals surface area contributed by atoms with Gasteiger partial charge in [-0.15, -0.1) is 24.0 Å². The van der Waals surface area contributed by atoms with Crippen molar-refractivity contribution in [3.63, 3.8) is 0 Å². The number of nitrogens with zero attached hydrogens (tertiary/aromatic N) is 3. The van der Waals surface area contributed by atoms with E-state index in [2.05, 4.69) is 15.6 Å². The smallest absolute Gasteiger partial charge is 0.191 e. The SMILES string of the molecule is CCNC(=NCC1(c2ccc(F)cc2)CC1)NC1CCN(c2ncccc2F)C1.I. The maximum atomic E-state index is 14.0. The second-order valence-electron chi connectivity index (χ2n) is 7.87. The number of pyridine rings is 1. The zero-order valence-electron chi connectivity index (χ0n) is 17.1. The second kappa shape index (κ2) is 9.89. The summed E-state index contributed by atoms with van der Waals surface area (Å²) in [5, 5.41) is 6.79. The van der Waals surface area contributed by atoms with Gasteiger partial charge in [0.25, 0.3) is 0 Å². The number of anilines is 1. The molecule has 2 N–H and O–H groups in total. The lowest BCUT2D eigenvalue weighted by Crippen LogP contribution is -2.45. The Labute approximate surface area is 193 Å². The predicted molar refractivity (Wildman–Crippen MR) is 127 cm³/mol. The largest absolute Gasteiger partial charge is 0.357 e. The third-order valence-corrected chi connectivity index (χ3v) is 5.76. The molecule has 30 heavy (non-hydrogen) atoms. The normalized spacial score (nSPS) is 19.9. The summed E-state index contributed by atoms with van der Waals surface area (Å²) in [5.41, 5.74) is 1.17. The lowest BCUT2D eigenvalue weighted by molar-refractivity contribution is 0.611. The van der Waals surface area contributed by atoms with Crippen molar-refractivity contribution in [2.75, 3.05) is 31.1 Å². The molecular formula is C22H28F2IN5. The number of halogens is 3. The number of benzene rings is 1. The second-order valence-corrected chi connectivity index (χ2v) is 7.87. The molecule has 5 nitrogen and oxygen atoms in total. The van der Waals surface area contributed by atoms with Gasteiger partial charge in [-0.2, -0.15) is 0 Å². The molecule has 2 aromatic rings. The van der Waals surface area contributed by atoms with E-state index in [1.54, 1.807) is 12.3 Å². The van der Waals surface area contributed by atoms with E-state index >= 15 is 0 Å². The summed E-state index contributed by atoms with van der Waals surface area (Å²) in [5.74, 6) is 0.683. The van der Waals surface area contributed by atoms with Gasteiger partial charge in [0.2, 0.25) is 0 Å². The molecule has 0 amide bonds. The Balaban J connectivity index is 0.00000256. The van der Waals surface area contributed by atoms with Gasteiger partial charge in [0, 0.05) is 37.3 Å². The molecule has 1 aromatic heterocycles. The molecule has 1 unspecified atom stereocenters. The lowest BCUT2D eigenvalue weighted by atomic mass is 9.96. The first-order valence-electron chi connectivity index (χ1n) is 10.3. The van der Waals surface area contributed by atoms with Crippen LogP contribution in [0.25, 0.3) is 0 Å². The van der Waals surface area contributed by atoms with Crippen LogP contribution < -0.4 is 15.5 Å². The average molecular weight is 527 g/mol. The Morgan fingerprint density at radius 3 is 2.67 bits per heavy atom. The fourth-order valence-electron chi connectivity index (χ4n) is 3.92. The maximum Gasteiger partial charge on any atom is 0.191 e. The average Bonchev–Trinajstić information content (AvgIpc) is 3.38. The molecule has 0 spiro atoms. The van der Waals surface area contributed by atoms with Crippen LogP contribution in [-0.4, -0.2) is 43.2 Å². The van der Waals surface area contributed by atoms with Gasteiger partial charge in [-0.3, -0.25) is 4.99 Å². The summed E-state index contributed by atoms with van der Waals surface area (Å²) >= 11 is 0. The van der Waals surface area contributed by atoms with Crippen LogP contribution in [0.15, 0.2) is 47.6 Å². The molecule has 2 aliphatic rings. The van der Waals surface area contributed by atoms with E-state index in [1.165, 1.54) is 18.2 Å². The number of aliphatic imine (C=N–C) groups is 1. The van der Waals surface area contributed by atoms with Crippen LogP contribution in [-0.2, 0) is 5.41 Å². The molecule has 8 heteroatoms. The third-order valence-electron chi connectivity index (χ3n) is 5.76. The van der Waals surface area contributed by atoms with Gasteiger partial charge >= 0.3 is 0 Å². The molecule has 162 valence electrons. The third kappa shape index (κ3) is 5.19. The Morgan fingerprint density at radius 2 is 2.00 bits per heavy atom. The van der Waals surface area contributed by atoms with Crippen LogP contribution in [0.2, 0.25) is 0 Å². The quantitative estimate of drug-likeness (QED) is 0.341. The van der Waals surface area contributed by atoms with E-state index < -0.39 is 0 Å². The van der Waals surface area contributed by atoms with Gasteiger partial charge in [-0.05, 0) is 56.0 Å². The fourth-order valence-corrected chi connectivity index (χ4v) is 3.92. The van der Waals surface area contributed by atoms with Crippen LogP contribution >= 0.6 is 24.0 Å². The van der Waals surface area contributed by atoms with Gasteiger partial charge in [-0.1, -0.05) is 12.1 Å². The van der Waals surface area contributed by atoms with Crippen molar-refractivity contribution >= 4 is 35.8 Å². The topological polar surface area (TPSA) is 52.6 Å². The minimum atomic E-state index is -0.288. The fraction of sp³-hybridized carbons (Fsp3) is 0.455. The van der Waals surface area contributed by atoms with Crippen molar-refractivity contribution in [2.45, 2.75) is 37.6 Å². The van der Waals surface area contributed by atoms with Crippen LogP contribution in [0.3, 0.4) is 0 Å². The molecule has 0 radical (unpaired) electrons. The molecular weight excluding hydrogens is 499 g/mol. The molecule has 1 aliphatic carbocycles. The molecule has 1 aliphatic heterocycles. The molecule has 2 heterocycles. The van der Waals surface area contributed by atoms with Crippen LogP contribution in [0.5, 0.6) is 0 Å². The number of aromatic nitrogens is 1. The molecule has 4 rings (SSSR count). The van der Waals surface area contributed by atoms with Crippen LogP contribution in [0, 0.1) is 11.6 Å². The van der Waals surface area contributed by atoms with E-state index in [-0.39, 0.29) is 47.1 Å². The number of guanidine groups is 1. The van der Waals surface area contributed by atoms with Crippen molar-refractivity contribution in [1.82, 2.24) is 15.6 Å². The van der Waals surface area contributed by atoms with Gasteiger partial charge < -0.3 is 15.5 Å². The predicted octanol–water partition coefficient (Wildman–Crippen LogP) is 3.84. The molecule has 0 bridgehead atoms. The molecule has 1 aromatic carbocycles. The molecule has 1 atom stereocenters. The summed E-state index contributed by atoms with van der Waals surface area (Å²) in [4.78, 5) is 11.0. The molecule has 1 saturated heterocycles. The highest BCUT2D eigenvalue weighted by Gasteiger charge is 2.44. The Kier molecular flexibility index (Phi) is 7.49. The maximum absolute atomic E-state index is 14.0. The first-order valence-corrected chi connectivity index (χ1v) is 10.3. The highest BCUT2D eigenvalue weighted by Crippen LogP contribution is 2.48. The Hall–Kier alpha value is -1.97. The summed E-state index contributed by atoms with van der Waals surface area (Å²) in [7, 11) is 0. The first-order chi connectivity index (χ1) is 14.1. The minimum absolute atomic E-state index is 0. The van der Waals surface area contributed by atoms with E-state index in [9.17, 15) is 8.78 Å². The first kappa shape index (κ1) is 22.7. The number of hydrogen-bond acceptors (Lipinski definition) is 3. The van der Waals surface area contributed by atoms with Crippen molar-refractivity contribution < 1.29 is 8.78 Å². The van der Waals surface area contributed by atoms with E-state index in [4.69, 9.17) is 4.99 Å². The summed E-state index contributed by atoms with van der Waals surface area (Å²) in [6.07, 6.45) is 4.65. The van der Waals surface area contributed by atoms with Gasteiger partial charge in [0.15, 0.2) is 17.6 Å². The summed E-state index contributed by atoms with van der Waals surface area (Å²) in [6.45, 7) is 4.90. The monoisotopic (exact) mass is 527 g/mol. The highest BCUT2D eigenvalue weighted by molar-refractivity contribution is 14.0. The number of rotatable bonds is 6. The standard InChI is InChI=1S/C22H27F2N5.HI/c1-2-25-21(27-15-22(10-11-22)16-5-7-17(23)8-6-16)28-18-9-13-29(14-18)20-19(24)4-3-12-26-20;/h3-8,12,18H,2,9-11,13-15H2,1H3,(H2,25,27,28);1H.